The van der Waals surface area contributed by atoms with Crippen LogP contribution in [0.2, 0.25) is 0 Å². The lowest BCUT2D eigenvalue weighted by molar-refractivity contribution is -0.306. The molecule has 0 fully saturated rings. The number of carbonyl (C=O) groups is 1. The van der Waals surface area contributed by atoms with Crippen LogP contribution in [0.15, 0.2) is 0 Å². The van der Waals surface area contributed by atoms with Gasteiger partial charge in [0.1, 0.15) is 0 Å². The highest BCUT2D eigenvalue weighted by atomic mass is 19.4. The number of hydrogen-bond donors (Lipinski definition) is 1. The highest BCUT2D eigenvalue weighted by molar-refractivity contribution is 5.76. The molecule has 8 heteroatoms. The fraction of sp³-hybridized carbons (Fsp3) is 0.667. The summed E-state index contributed by atoms with van der Waals surface area (Å²) in [5.41, 5.74) is 0. The summed E-state index contributed by atoms with van der Waals surface area (Å²) in [7, 11) is 0. The van der Waals surface area contributed by atoms with Gasteiger partial charge in [0.25, 0.3) is 0 Å². The van der Waals surface area contributed by atoms with Crippen molar-refractivity contribution in [1.29, 1.82) is 0 Å². The molecule has 0 aliphatic heterocycles. The average molecular weight is 179 g/mol. The van der Waals surface area contributed by atoms with Crippen LogP contribution in [0.1, 0.15) is 0 Å². The van der Waals surface area contributed by atoms with Crippen molar-refractivity contribution in [3.05, 3.63) is 0 Å². The second-order valence-electron chi connectivity index (χ2n) is 1.51. The van der Waals surface area contributed by atoms with Crippen molar-refractivity contribution in [3.8, 4) is 0 Å². The minimum absolute atomic E-state index is 2.68. The summed E-state index contributed by atoms with van der Waals surface area (Å²) >= 11 is 0. The van der Waals surface area contributed by atoms with Crippen molar-refractivity contribution in [1.82, 2.24) is 5.34 Å². The van der Waals surface area contributed by atoms with Gasteiger partial charge in [0.15, 0.2) is 0 Å². The van der Waals surface area contributed by atoms with E-state index in [0.717, 1.165) is 0 Å². The molecule has 0 aromatic heterocycles. The van der Waals surface area contributed by atoms with Crippen LogP contribution in [0.4, 0.5) is 22.1 Å². The maximum Gasteiger partial charge on any atom is 0.375 e. The molecule has 0 saturated carbocycles. The van der Waals surface area contributed by atoms with Crippen molar-refractivity contribution in [3.63, 3.8) is 0 Å². The zero-order valence-electron chi connectivity index (χ0n) is 4.77. The molecule has 0 radical (unpaired) electrons. The topological polar surface area (TPSA) is 40.5 Å². The predicted molar refractivity (Wildman–Crippen MR) is 21.5 cm³/mol. The largest absolute Gasteiger partial charge is 0.478 e. The van der Waals surface area contributed by atoms with Gasteiger partial charge in [0.2, 0.25) is 0 Å². The number of hydrogen-bond acceptors (Lipinski definition) is 2. The number of carboxylic acids is 1. The Morgan fingerprint density at radius 1 is 1.45 bits per heavy atom. The molecule has 66 valence electrons. The monoisotopic (exact) mass is 179 g/mol. The molecule has 0 spiro atoms. The maximum atomic E-state index is 12.0. The number of halogens is 5. The highest BCUT2D eigenvalue weighted by Gasteiger charge is 2.56. The van der Waals surface area contributed by atoms with E-state index in [4.69, 9.17) is 5.11 Å². The summed E-state index contributed by atoms with van der Waals surface area (Å²) in [5.74, 6) is -7.85. The lowest BCUT2D eigenvalue weighted by Gasteiger charge is -2.18. The summed E-state index contributed by atoms with van der Waals surface area (Å²) in [5, 5.41) is 4.92. The van der Waals surface area contributed by atoms with Gasteiger partial charge in [-0.05, 0) is 0 Å². The zero-order chi connectivity index (χ0) is 9.23. The fourth-order valence-electron chi connectivity index (χ4n) is 0.239. The third-order valence-corrected chi connectivity index (χ3v) is 0.835. The van der Waals surface area contributed by atoms with Crippen LogP contribution < -0.4 is 0 Å². The molecule has 0 aromatic rings. The van der Waals surface area contributed by atoms with Crippen LogP contribution in [0.25, 0.3) is 0 Å². The Hall–Kier alpha value is -0.920. The Morgan fingerprint density at radius 2 is 1.82 bits per heavy atom. The molecule has 0 amide bonds. The molecule has 1 unspecified atom stereocenters. The molecular formula is C3H2F5NO2. The van der Waals surface area contributed by atoms with E-state index in [1.165, 1.54) is 0 Å². The lowest BCUT2D eigenvalue weighted by Crippen LogP contribution is -2.49. The molecule has 0 heterocycles. The molecule has 0 aliphatic rings. The molecule has 1 N–H and O–H groups in total. The molecule has 0 bridgehead atoms. The first kappa shape index (κ1) is 10.1. The van der Waals surface area contributed by atoms with Gasteiger partial charge < -0.3 is 5.11 Å². The predicted octanol–water partition coefficient (Wildman–Crippen LogP) is 1.07. The van der Waals surface area contributed by atoms with Crippen LogP contribution in [0, 0.1) is 0 Å². The van der Waals surface area contributed by atoms with Crippen LogP contribution in [0.3, 0.4) is 0 Å². The van der Waals surface area contributed by atoms with Gasteiger partial charge >= 0.3 is 18.2 Å². The van der Waals surface area contributed by atoms with Gasteiger partial charge in [-0.15, -0.1) is 0 Å². The normalized spacial score (nSPS) is 17.0. The number of alkyl halides is 3. The number of carboxylic acid groups (broad SMARTS) is 1. The van der Waals surface area contributed by atoms with Crippen molar-refractivity contribution in [2.75, 3.05) is 0 Å². The minimum atomic E-state index is -4.92. The molecule has 11 heavy (non-hydrogen) atoms. The average Bonchev–Trinajstić information content (AvgIpc) is 1.84. The first-order chi connectivity index (χ1) is 4.83. The van der Waals surface area contributed by atoms with E-state index in [1.54, 1.807) is 0 Å². The van der Waals surface area contributed by atoms with Crippen LogP contribution in [-0.4, -0.2) is 28.6 Å². The van der Waals surface area contributed by atoms with Crippen molar-refractivity contribution in [2.24, 2.45) is 0 Å². The van der Waals surface area contributed by atoms with Crippen molar-refractivity contribution < 1.29 is 32.0 Å². The van der Waals surface area contributed by atoms with Gasteiger partial charge in [-0.1, -0.05) is 8.96 Å². The lowest BCUT2D eigenvalue weighted by atomic mass is 10.3. The van der Waals surface area contributed by atoms with Crippen LogP contribution in [-0.2, 0) is 4.79 Å². The zero-order valence-corrected chi connectivity index (χ0v) is 4.77. The van der Waals surface area contributed by atoms with E-state index in [0.29, 0.717) is 0 Å². The standard InChI is InChI=1S/C3H2F5NO2/c4-1(5)3(6,2(10)11)9(7)8/h1H,(H,10,11). The smallest absolute Gasteiger partial charge is 0.375 e. The van der Waals surface area contributed by atoms with E-state index in [-0.39, 0.29) is 0 Å². The van der Waals surface area contributed by atoms with E-state index >= 15 is 0 Å². The summed E-state index contributed by atoms with van der Waals surface area (Å²) in [6, 6.07) is 0. The molecule has 3 nitrogen and oxygen atoms in total. The third-order valence-electron chi connectivity index (χ3n) is 0.835. The molecule has 1 atom stereocenters. The van der Waals surface area contributed by atoms with Gasteiger partial charge in [-0.3, -0.25) is 0 Å². The molecule has 0 rings (SSSR count). The van der Waals surface area contributed by atoms with E-state index in [1.807, 2.05) is 0 Å². The quantitative estimate of drug-likeness (QED) is 0.400. The van der Waals surface area contributed by atoms with Gasteiger partial charge in [0.05, 0.1) is 5.34 Å². The molecular weight excluding hydrogens is 177 g/mol. The van der Waals surface area contributed by atoms with E-state index in [9.17, 15) is 26.9 Å². The summed E-state index contributed by atoms with van der Waals surface area (Å²) in [6.07, 6.45) is -4.31. The van der Waals surface area contributed by atoms with Crippen molar-refractivity contribution in [2.45, 2.75) is 12.2 Å². The van der Waals surface area contributed by atoms with Gasteiger partial charge in [-0.25, -0.2) is 18.0 Å². The van der Waals surface area contributed by atoms with E-state index in [2.05, 4.69) is 0 Å². The number of rotatable bonds is 3. The summed E-state index contributed by atoms with van der Waals surface area (Å²) < 4.78 is 57.0. The second kappa shape index (κ2) is 2.99. The second-order valence-corrected chi connectivity index (χ2v) is 1.51. The fourth-order valence-corrected chi connectivity index (χ4v) is 0.239. The summed E-state index contributed by atoms with van der Waals surface area (Å²) in [4.78, 5) is 9.53. The van der Waals surface area contributed by atoms with Crippen LogP contribution >= 0.6 is 0 Å². The van der Waals surface area contributed by atoms with Gasteiger partial charge in [-0.2, -0.15) is 0 Å². The number of aliphatic carboxylic acids is 1. The molecule has 0 saturated heterocycles. The third kappa shape index (κ3) is 1.56. The highest BCUT2D eigenvalue weighted by Crippen LogP contribution is 2.26. The van der Waals surface area contributed by atoms with E-state index < -0.39 is 23.5 Å². The minimum Gasteiger partial charge on any atom is -0.478 e. The SMILES string of the molecule is O=C(O)C(F)(C(F)F)N(F)F. The summed E-state index contributed by atoms with van der Waals surface area (Å²) in [6.45, 7) is 0. The Morgan fingerprint density at radius 3 is 1.82 bits per heavy atom. The Kier molecular flexibility index (Phi) is 2.74. The Bertz CT molecular complexity index is 152. The number of nitrogens with zero attached hydrogens (tertiary/aromatic N) is 1. The maximum absolute atomic E-state index is 12.0. The first-order valence-electron chi connectivity index (χ1n) is 2.15. The molecule has 0 aromatic carbocycles. The van der Waals surface area contributed by atoms with Crippen LogP contribution in [0.5, 0.6) is 0 Å². The molecule has 0 aliphatic carbocycles. The Labute approximate surface area is 56.9 Å². The van der Waals surface area contributed by atoms with Crippen molar-refractivity contribution >= 4 is 5.97 Å². The first-order valence-corrected chi connectivity index (χ1v) is 2.15. The Balaban J connectivity index is 4.67. The van der Waals surface area contributed by atoms with Gasteiger partial charge in [0, 0.05) is 0 Å².